The van der Waals surface area contributed by atoms with Gasteiger partial charge in [0, 0.05) is 32.2 Å². The van der Waals surface area contributed by atoms with Crippen molar-refractivity contribution < 1.29 is 88.2 Å². The normalized spacial score (nSPS) is 16.5. The van der Waals surface area contributed by atoms with Crippen LogP contribution in [0.25, 0.3) is 0 Å². The van der Waals surface area contributed by atoms with Crippen LogP contribution in [0.1, 0.15) is 90.2 Å². The molecule has 0 unspecified atom stereocenters. The molecule has 1 aliphatic rings. The number of rotatable bonds is 36. The Morgan fingerprint density at radius 2 is 1.06 bits per heavy atom. The Morgan fingerprint density at radius 1 is 0.588 bits per heavy atom. The summed E-state index contributed by atoms with van der Waals surface area (Å²) < 4.78 is 0. The zero-order chi connectivity index (χ0) is 63.7. The van der Waals surface area contributed by atoms with E-state index in [4.69, 9.17) is 11.5 Å². The van der Waals surface area contributed by atoms with Crippen molar-refractivity contribution in [1.29, 1.82) is 0 Å². The quantitative estimate of drug-likeness (QED) is 0.0318. The molecular formula is C55H81N11O18S. The number of carboxylic acids is 2. The van der Waals surface area contributed by atoms with Gasteiger partial charge in [-0.2, -0.15) is 11.8 Å². The maximum atomic E-state index is 14.4. The summed E-state index contributed by atoms with van der Waals surface area (Å²) in [7, 11) is 0. The van der Waals surface area contributed by atoms with E-state index in [9.17, 15) is 88.2 Å². The molecule has 0 aromatic heterocycles. The fraction of sp³-hybridized carbons (Fsp3) is 0.564. The van der Waals surface area contributed by atoms with Crippen molar-refractivity contribution in [2.24, 2.45) is 23.3 Å². The standard InChI is InChI=1S/C55H81N11O18S/c1-6-29(4)45(53(81)61-38(24-30-9-13-32(69)14-10-30)49(77)64-44(28(2)3)52(80)62-39(55(83)84)25-31-11-15-33(70)16-12-31)65-50(78)40(27-68)63-48(76)36(21-23-85-5)59-51(79)41-8-7-22-66(41)54(82)37(18-20-43(72)73)60-47(75)35(17-19-42(57)71)58-46(74)34(56)26-67/h9-16,28-29,34-41,44-45,67-70H,6-8,17-27,56H2,1-5H3,(H2,57,71)(H,58,74)(H,59,79)(H,60,75)(H,61,81)(H,62,80)(H,63,76)(H,64,77)(H,65,78)(H,72,73)(H,83,84)/t29-,34-,35-,36-,37-,38-,39-,40-,41-,44-,45-/m0/s1. The Morgan fingerprint density at radius 3 is 1.56 bits per heavy atom. The smallest absolute Gasteiger partial charge is 0.326 e. The number of aliphatic hydroxyl groups excluding tert-OH is 2. The number of amides is 10. The second-order valence-corrected chi connectivity index (χ2v) is 21.9. The molecular weight excluding hydrogens is 1130 g/mol. The number of likely N-dealkylation sites (tertiary alicyclic amines) is 1. The molecule has 0 spiro atoms. The van der Waals surface area contributed by atoms with Gasteiger partial charge in [-0.25, -0.2) is 4.79 Å². The number of nitrogens with zero attached hydrogens (tertiary/aromatic N) is 1. The second-order valence-electron chi connectivity index (χ2n) is 20.9. The Labute approximate surface area is 495 Å². The fourth-order valence-electron chi connectivity index (χ4n) is 8.87. The topological polar surface area (TPSA) is 478 Å². The molecule has 11 atom stereocenters. The summed E-state index contributed by atoms with van der Waals surface area (Å²) >= 11 is 1.29. The number of aliphatic hydroxyl groups is 2. The van der Waals surface area contributed by atoms with Crippen molar-refractivity contribution >= 4 is 82.8 Å². The van der Waals surface area contributed by atoms with Gasteiger partial charge in [0.05, 0.1) is 13.2 Å². The molecule has 1 aliphatic heterocycles. The number of primary amides is 1. The summed E-state index contributed by atoms with van der Waals surface area (Å²) in [5, 5.41) is 79.0. The lowest BCUT2D eigenvalue weighted by Gasteiger charge is -2.31. The number of aliphatic carboxylic acids is 2. The van der Waals surface area contributed by atoms with E-state index >= 15 is 0 Å². The molecule has 1 heterocycles. The molecule has 30 heteroatoms. The highest BCUT2D eigenvalue weighted by molar-refractivity contribution is 7.98. The minimum absolute atomic E-state index is 0.0452. The molecule has 29 nitrogen and oxygen atoms in total. The number of phenols is 2. The molecule has 2 aromatic carbocycles. The van der Waals surface area contributed by atoms with Crippen molar-refractivity contribution in [3.63, 3.8) is 0 Å². The van der Waals surface area contributed by atoms with E-state index in [1.807, 2.05) is 0 Å². The van der Waals surface area contributed by atoms with Crippen LogP contribution in [0.4, 0.5) is 0 Å². The molecule has 85 heavy (non-hydrogen) atoms. The number of phenolic OH excluding ortho intramolecular Hbond substituents is 2. The molecule has 0 radical (unpaired) electrons. The predicted octanol–water partition coefficient (Wildman–Crippen LogP) is -3.27. The first kappa shape index (κ1) is 71.2. The highest BCUT2D eigenvalue weighted by Crippen LogP contribution is 2.22. The van der Waals surface area contributed by atoms with Crippen molar-refractivity contribution in [2.75, 3.05) is 31.8 Å². The highest BCUT2D eigenvalue weighted by atomic mass is 32.2. The van der Waals surface area contributed by atoms with E-state index in [0.717, 1.165) is 4.90 Å². The van der Waals surface area contributed by atoms with E-state index in [2.05, 4.69) is 42.5 Å². The van der Waals surface area contributed by atoms with Crippen LogP contribution in [0.15, 0.2) is 48.5 Å². The number of hydrogen-bond acceptors (Lipinski definition) is 18. The lowest BCUT2D eigenvalue weighted by atomic mass is 9.96. The molecule has 1 fully saturated rings. The lowest BCUT2D eigenvalue weighted by Crippen LogP contribution is -2.62. The maximum absolute atomic E-state index is 14.4. The largest absolute Gasteiger partial charge is 0.508 e. The van der Waals surface area contributed by atoms with Crippen molar-refractivity contribution in [1.82, 2.24) is 47.4 Å². The van der Waals surface area contributed by atoms with Crippen molar-refractivity contribution in [2.45, 2.75) is 152 Å². The van der Waals surface area contributed by atoms with Gasteiger partial charge in [-0.15, -0.1) is 0 Å². The average Bonchev–Trinajstić information content (AvgIpc) is 3.67. The monoisotopic (exact) mass is 1220 g/mol. The number of carbonyl (C=O) groups excluding carboxylic acids is 10. The van der Waals surface area contributed by atoms with E-state index in [0.29, 0.717) is 11.1 Å². The highest BCUT2D eigenvalue weighted by Gasteiger charge is 2.41. The first-order valence-electron chi connectivity index (χ1n) is 27.6. The van der Waals surface area contributed by atoms with Gasteiger partial charge >= 0.3 is 11.9 Å². The summed E-state index contributed by atoms with van der Waals surface area (Å²) in [5.41, 5.74) is 11.8. The van der Waals surface area contributed by atoms with Crippen molar-refractivity contribution in [3.05, 3.63) is 59.7 Å². The first-order chi connectivity index (χ1) is 40.1. The van der Waals surface area contributed by atoms with Crippen LogP contribution in [-0.2, 0) is 70.4 Å². The number of carboxylic acid groups (broad SMARTS) is 2. The number of hydrogen-bond donors (Lipinski definition) is 16. The lowest BCUT2D eigenvalue weighted by molar-refractivity contribution is -0.144. The van der Waals surface area contributed by atoms with Gasteiger partial charge in [-0.1, -0.05) is 58.4 Å². The number of carbonyl (C=O) groups is 12. The number of thioether (sulfide) groups is 1. The molecule has 0 bridgehead atoms. The Balaban J connectivity index is 1.85. The summed E-state index contributed by atoms with van der Waals surface area (Å²) in [6.07, 6.45) is -0.0778. The molecule has 18 N–H and O–H groups in total. The van der Waals surface area contributed by atoms with Crippen LogP contribution >= 0.6 is 11.8 Å². The van der Waals surface area contributed by atoms with Crippen LogP contribution in [-0.4, -0.2) is 199 Å². The number of benzene rings is 2. The van der Waals surface area contributed by atoms with Crippen molar-refractivity contribution in [3.8, 4) is 11.5 Å². The minimum atomic E-state index is -1.75. The first-order valence-corrected chi connectivity index (χ1v) is 29.0. The number of nitrogens with two attached hydrogens (primary N) is 2. The van der Waals surface area contributed by atoms with Gasteiger partial charge in [0.25, 0.3) is 0 Å². The summed E-state index contributed by atoms with van der Waals surface area (Å²) in [5.74, 6) is -13.2. The number of nitrogens with one attached hydrogen (secondary N) is 8. The van der Waals surface area contributed by atoms with E-state index in [1.54, 1.807) is 34.0 Å². The predicted molar refractivity (Wildman–Crippen MR) is 306 cm³/mol. The van der Waals surface area contributed by atoms with Gasteiger partial charge in [0.15, 0.2) is 0 Å². The van der Waals surface area contributed by atoms with Gasteiger partial charge in [-0.3, -0.25) is 52.7 Å². The molecule has 1 saturated heterocycles. The van der Waals surface area contributed by atoms with Gasteiger partial charge in [0.2, 0.25) is 59.1 Å². The van der Waals surface area contributed by atoms with Crippen LogP contribution in [0, 0.1) is 11.8 Å². The summed E-state index contributed by atoms with van der Waals surface area (Å²) in [6, 6.07) is -3.40. The molecule has 0 saturated carbocycles. The van der Waals surface area contributed by atoms with Crippen LogP contribution in [0.2, 0.25) is 0 Å². The number of aromatic hydroxyl groups is 2. The SMILES string of the molecule is CC[C@H](C)[C@H](NC(=O)[C@H](CO)NC(=O)[C@H](CCSC)NC(=O)[C@@H]1CCCN1C(=O)[C@H](CCC(=O)O)NC(=O)[C@H](CCC(N)=O)NC(=O)[C@@H](N)CO)C(=O)N[C@@H](Cc1ccc(O)cc1)C(=O)N[C@H](C(=O)N[C@@H](Cc1ccc(O)cc1)C(=O)O)C(C)C. The maximum Gasteiger partial charge on any atom is 0.326 e. The van der Waals surface area contributed by atoms with Gasteiger partial charge in [-0.05, 0) is 91.3 Å². The molecule has 3 rings (SSSR count). The third-order valence-electron chi connectivity index (χ3n) is 14.0. The van der Waals surface area contributed by atoms with E-state index in [-0.39, 0.29) is 68.7 Å². The third-order valence-corrected chi connectivity index (χ3v) is 14.7. The average molecular weight is 1220 g/mol. The van der Waals surface area contributed by atoms with Crippen LogP contribution in [0.5, 0.6) is 11.5 Å². The molecule has 10 amide bonds. The second kappa shape index (κ2) is 35.3. The summed E-state index contributed by atoms with van der Waals surface area (Å²) in [6.45, 7) is 4.62. The van der Waals surface area contributed by atoms with E-state index < -0.39 is 176 Å². The van der Waals surface area contributed by atoms with Crippen LogP contribution < -0.4 is 54.0 Å². The summed E-state index contributed by atoms with van der Waals surface area (Å²) in [4.78, 5) is 162. The van der Waals surface area contributed by atoms with Gasteiger partial charge in [0.1, 0.15) is 71.9 Å². The third kappa shape index (κ3) is 23.1. The molecule has 470 valence electrons. The fourth-order valence-corrected chi connectivity index (χ4v) is 9.34. The Kier molecular flexibility index (Phi) is 29.5. The van der Waals surface area contributed by atoms with Crippen LogP contribution in [0.3, 0.4) is 0 Å². The zero-order valence-electron chi connectivity index (χ0n) is 48.0. The van der Waals surface area contributed by atoms with Gasteiger partial charge < -0.3 is 89.5 Å². The zero-order valence-corrected chi connectivity index (χ0v) is 48.9. The molecule has 0 aliphatic carbocycles. The van der Waals surface area contributed by atoms with E-state index in [1.165, 1.54) is 60.3 Å². The molecule has 2 aromatic rings. The Hall–Kier alpha value is -8.09. The minimum Gasteiger partial charge on any atom is -0.508 e. The Bertz CT molecular complexity index is 2650.